The third-order valence-corrected chi connectivity index (χ3v) is 5.30. The molecule has 0 saturated carbocycles. The molecule has 0 amide bonds. The summed E-state index contributed by atoms with van der Waals surface area (Å²) in [4.78, 5) is 4.17. The maximum Gasteiger partial charge on any atom is 0.266 e. The molecular weight excluding hydrogens is 330 g/mol. The van der Waals surface area contributed by atoms with E-state index in [1.807, 2.05) is 0 Å². The highest BCUT2D eigenvalue weighted by Gasteiger charge is 2.24. The van der Waals surface area contributed by atoms with Gasteiger partial charge in [0.15, 0.2) is 0 Å². The van der Waals surface area contributed by atoms with E-state index in [1.165, 1.54) is 13.1 Å². The molecule has 0 saturated heterocycles. The minimum atomic E-state index is -3.67. The number of hydrogen-bond donors (Lipinski definition) is 1. The van der Waals surface area contributed by atoms with Gasteiger partial charge in [0.1, 0.15) is 10.7 Å². The minimum absolute atomic E-state index is 0.148. The number of sulfonamides is 1. The van der Waals surface area contributed by atoms with Gasteiger partial charge in [-0.25, -0.2) is 13.4 Å². The topological polar surface area (TPSA) is 76.3 Å². The van der Waals surface area contributed by atoms with Crippen LogP contribution in [0, 0.1) is 0 Å². The van der Waals surface area contributed by atoms with Crippen LogP contribution in [0.3, 0.4) is 0 Å². The van der Waals surface area contributed by atoms with Crippen molar-refractivity contribution in [3.8, 4) is 0 Å². The first-order valence-electron chi connectivity index (χ1n) is 5.38. The third-order valence-electron chi connectivity index (χ3n) is 2.57. The quantitative estimate of drug-likeness (QED) is 0.868. The predicted molar refractivity (Wildman–Crippen MR) is 78.4 cm³/mol. The lowest BCUT2D eigenvalue weighted by Crippen LogP contribution is -2.27. The van der Waals surface area contributed by atoms with E-state index < -0.39 is 10.0 Å². The summed E-state index contributed by atoms with van der Waals surface area (Å²) in [5.74, 6) is 0.353. The van der Waals surface area contributed by atoms with Crippen LogP contribution in [0.25, 0.3) is 0 Å². The molecule has 0 aliphatic carbocycles. The molecule has 2 rings (SSSR count). The normalized spacial score (nSPS) is 11.3. The summed E-state index contributed by atoms with van der Waals surface area (Å²) in [6.45, 7) is 0. The molecule has 0 atom stereocenters. The van der Waals surface area contributed by atoms with E-state index >= 15 is 0 Å². The molecule has 1 heterocycles. The number of pyridine rings is 1. The summed E-state index contributed by atoms with van der Waals surface area (Å²) in [6, 6.07) is 9.65. The molecule has 1 aromatic heterocycles. The third kappa shape index (κ3) is 2.71. The number of nitrogens with zero attached hydrogens (tertiary/aromatic N) is 2. The van der Waals surface area contributed by atoms with Gasteiger partial charge in [-0.1, -0.05) is 6.07 Å². The number of aromatic nitrogens is 1. The fourth-order valence-electron chi connectivity index (χ4n) is 1.54. The van der Waals surface area contributed by atoms with E-state index in [1.54, 1.807) is 36.5 Å². The first-order valence-corrected chi connectivity index (χ1v) is 7.61. The zero-order valence-electron chi connectivity index (χ0n) is 10.1. The molecule has 0 aliphatic rings. The molecule has 0 radical (unpaired) electrons. The second-order valence-electron chi connectivity index (χ2n) is 3.85. The summed E-state index contributed by atoms with van der Waals surface area (Å²) < 4.78 is 26.5. The Labute approximate surface area is 120 Å². The highest BCUT2D eigenvalue weighted by atomic mass is 79.9. The van der Waals surface area contributed by atoms with Crippen molar-refractivity contribution >= 4 is 37.5 Å². The van der Waals surface area contributed by atoms with Crippen molar-refractivity contribution < 1.29 is 8.42 Å². The molecule has 100 valence electrons. The predicted octanol–water partition coefficient (Wildman–Crippen LogP) is 2.25. The number of nitrogens with two attached hydrogens (primary N) is 1. The van der Waals surface area contributed by atoms with Crippen LogP contribution in [0.15, 0.2) is 52.0 Å². The van der Waals surface area contributed by atoms with E-state index in [9.17, 15) is 8.42 Å². The Bertz CT molecular complexity index is 689. The second-order valence-corrected chi connectivity index (χ2v) is 6.64. The largest absolute Gasteiger partial charge is 0.399 e. The SMILES string of the molecule is CN(c1ccccn1)S(=O)(=O)c1ccc(N)cc1Br. The van der Waals surface area contributed by atoms with E-state index in [2.05, 4.69) is 20.9 Å². The molecule has 0 fully saturated rings. The van der Waals surface area contributed by atoms with Gasteiger partial charge in [0.2, 0.25) is 0 Å². The van der Waals surface area contributed by atoms with Crippen LogP contribution in [0.1, 0.15) is 0 Å². The maximum absolute atomic E-state index is 12.5. The van der Waals surface area contributed by atoms with Crippen molar-refractivity contribution in [2.75, 3.05) is 17.1 Å². The molecule has 1 aromatic carbocycles. The molecule has 2 N–H and O–H groups in total. The van der Waals surface area contributed by atoms with Gasteiger partial charge < -0.3 is 5.73 Å². The number of halogens is 1. The van der Waals surface area contributed by atoms with Crippen LogP contribution in [0.2, 0.25) is 0 Å². The lowest BCUT2D eigenvalue weighted by molar-refractivity contribution is 0.593. The first-order chi connectivity index (χ1) is 8.93. The van der Waals surface area contributed by atoms with Gasteiger partial charge in [-0.3, -0.25) is 4.31 Å². The molecule has 0 spiro atoms. The van der Waals surface area contributed by atoms with Crippen molar-refractivity contribution in [3.05, 3.63) is 47.1 Å². The Kier molecular flexibility index (Phi) is 3.77. The summed E-state index contributed by atoms with van der Waals surface area (Å²) >= 11 is 3.22. The zero-order valence-corrected chi connectivity index (χ0v) is 12.5. The van der Waals surface area contributed by atoms with Gasteiger partial charge in [0.05, 0.1) is 0 Å². The van der Waals surface area contributed by atoms with E-state index in [0.717, 1.165) is 4.31 Å². The Hall–Kier alpha value is -1.60. The van der Waals surface area contributed by atoms with E-state index in [0.29, 0.717) is 16.0 Å². The average Bonchev–Trinajstić information content (AvgIpc) is 2.38. The molecule has 5 nitrogen and oxygen atoms in total. The smallest absolute Gasteiger partial charge is 0.266 e. The number of benzene rings is 1. The van der Waals surface area contributed by atoms with Gasteiger partial charge >= 0.3 is 0 Å². The lowest BCUT2D eigenvalue weighted by atomic mass is 10.3. The fraction of sp³-hybridized carbons (Fsp3) is 0.0833. The average molecular weight is 342 g/mol. The van der Waals surface area contributed by atoms with Crippen molar-refractivity contribution in [2.24, 2.45) is 0 Å². The molecular formula is C12H12BrN3O2S. The van der Waals surface area contributed by atoms with Crippen LogP contribution >= 0.6 is 15.9 Å². The van der Waals surface area contributed by atoms with E-state index in [4.69, 9.17) is 5.73 Å². The summed E-state index contributed by atoms with van der Waals surface area (Å²) in [5, 5.41) is 0. The standard InChI is InChI=1S/C12H12BrN3O2S/c1-16(12-4-2-3-7-15-12)19(17,18)11-6-5-9(14)8-10(11)13/h2-8H,14H2,1H3. The molecule has 0 bridgehead atoms. The van der Waals surface area contributed by atoms with E-state index in [-0.39, 0.29) is 4.90 Å². The highest BCUT2D eigenvalue weighted by molar-refractivity contribution is 9.10. The van der Waals surface area contributed by atoms with Crippen molar-refractivity contribution in [1.29, 1.82) is 0 Å². The van der Waals surface area contributed by atoms with Crippen LogP contribution in [0.4, 0.5) is 11.5 Å². The number of nitrogen functional groups attached to an aromatic ring is 1. The second kappa shape index (κ2) is 5.18. The number of hydrogen-bond acceptors (Lipinski definition) is 4. The molecule has 19 heavy (non-hydrogen) atoms. The highest BCUT2D eigenvalue weighted by Crippen LogP contribution is 2.28. The Balaban J connectivity index is 2.48. The van der Waals surface area contributed by atoms with Crippen LogP contribution in [-0.2, 0) is 10.0 Å². The van der Waals surface area contributed by atoms with Gasteiger partial charge in [-0.2, -0.15) is 0 Å². The summed E-state index contributed by atoms with van der Waals surface area (Å²) in [6.07, 6.45) is 1.54. The van der Waals surface area contributed by atoms with Crippen molar-refractivity contribution in [3.63, 3.8) is 0 Å². The number of rotatable bonds is 3. The van der Waals surface area contributed by atoms with Gasteiger partial charge in [-0.05, 0) is 46.3 Å². The Morgan fingerprint density at radius 2 is 2.00 bits per heavy atom. The molecule has 0 aliphatic heterocycles. The maximum atomic E-state index is 12.5. The summed E-state index contributed by atoms with van der Waals surface area (Å²) in [5.41, 5.74) is 6.10. The Morgan fingerprint density at radius 3 is 2.58 bits per heavy atom. The minimum Gasteiger partial charge on any atom is -0.399 e. The molecule has 7 heteroatoms. The van der Waals surface area contributed by atoms with Gasteiger partial charge in [0, 0.05) is 23.4 Å². The van der Waals surface area contributed by atoms with Crippen LogP contribution in [-0.4, -0.2) is 20.4 Å². The monoisotopic (exact) mass is 341 g/mol. The van der Waals surface area contributed by atoms with Gasteiger partial charge in [-0.15, -0.1) is 0 Å². The zero-order chi connectivity index (χ0) is 14.0. The first kappa shape index (κ1) is 13.8. The number of anilines is 2. The fourth-order valence-corrected chi connectivity index (χ4v) is 3.74. The van der Waals surface area contributed by atoms with Crippen molar-refractivity contribution in [2.45, 2.75) is 4.90 Å². The van der Waals surface area contributed by atoms with Crippen LogP contribution in [0.5, 0.6) is 0 Å². The lowest BCUT2D eigenvalue weighted by Gasteiger charge is -2.19. The van der Waals surface area contributed by atoms with Crippen LogP contribution < -0.4 is 10.0 Å². The molecule has 2 aromatic rings. The van der Waals surface area contributed by atoms with Crippen molar-refractivity contribution in [1.82, 2.24) is 4.98 Å². The van der Waals surface area contributed by atoms with Gasteiger partial charge in [0.25, 0.3) is 10.0 Å². The molecule has 0 unspecified atom stereocenters. The Morgan fingerprint density at radius 1 is 1.26 bits per heavy atom. The summed E-state index contributed by atoms with van der Waals surface area (Å²) in [7, 11) is -2.21.